The van der Waals surface area contributed by atoms with Crippen molar-refractivity contribution in [3.05, 3.63) is 60.4 Å². The highest BCUT2D eigenvalue weighted by atomic mass is 32.2. The van der Waals surface area contributed by atoms with Crippen molar-refractivity contribution in [3.8, 4) is 0 Å². The Morgan fingerprint density at radius 1 is 1.13 bits per heavy atom. The van der Waals surface area contributed by atoms with E-state index in [1.165, 1.54) is 4.31 Å². The van der Waals surface area contributed by atoms with Crippen LogP contribution in [0.15, 0.2) is 59.8 Å². The Balaban J connectivity index is 1.42. The fourth-order valence-corrected chi connectivity index (χ4v) is 5.66. The maximum Gasteiger partial charge on any atom is 0.245 e. The van der Waals surface area contributed by atoms with Crippen molar-refractivity contribution in [2.75, 3.05) is 11.9 Å². The van der Waals surface area contributed by atoms with Crippen LogP contribution in [-0.4, -0.2) is 46.4 Å². The zero-order chi connectivity index (χ0) is 20.9. The van der Waals surface area contributed by atoms with E-state index < -0.39 is 16.1 Å². The second-order valence-corrected chi connectivity index (χ2v) is 9.28. The molecule has 3 heterocycles. The van der Waals surface area contributed by atoms with Gasteiger partial charge in [-0.3, -0.25) is 9.89 Å². The monoisotopic (exact) mass is 421 g/mol. The van der Waals surface area contributed by atoms with E-state index in [1.807, 2.05) is 37.3 Å². The first-order valence-electron chi connectivity index (χ1n) is 9.55. The molecule has 5 rings (SSSR count). The predicted molar refractivity (Wildman–Crippen MR) is 114 cm³/mol. The van der Waals surface area contributed by atoms with Gasteiger partial charge in [0.1, 0.15) is 16.8 Å². The van der Waals surface area contributed by atoms with E-state index in [4.69, 9.17) is 0 Å². The summed E-state index contributed by atoms with van der Waals surface area (Å²) in [5.74, 6) is 0.00979. The molecule has 9 heteroatoms. The zero-order valence-corrected chi connectivity index (χ0v) is 17.0. The molecule has 2 aromatic carbocycles. The number of hydrogen-bond acceptors (Lipinski definition) is 5. The molecule has 0 unspecified atom stereocenters. The Bertz CT molecular complexity index is 1400. The fourth-order valence-electron chi connectivity index (χ4n) is 3.77. The van der Waals surface area contributed by atoms with E-state index in [9.17, 15) is 13.2 Å². The Kier molecular flexibility index (Phi) is 4.30. The smallest absolute Gasteiger partial charge is 0.245 e. The first-order valence-corrected chi connectivity index (χ1v) is 11.0. The lowest BCUT2D eigenvalue weighted by Gasteiger charge is -2.38. The number of hydrogen-bond donors (Lipinski definition) is 2. The highest BCUT2D eigenvalue weighted by Crippen LogP contribution is 2.32. The van der Waals surface area contributed by atoms with Gasteiger partial charge in [-0.2, -0.15) is 9.40 Å². The van der Waals surface area contributed by atoms with Crippen LogP contribution in [0.5, 0.6) is 0 Å². The highest BCUT2D eigenvalue weighted by molar-refractivity contribution is 7.89. The van der Waals surface area contributed by atoms with Crippen molar-refractivity contribution in [1.82, 2.24) is 19.5 Å². The number of sulfonamides is 1. The summed E-state index contributed by atoms with van der Waals surface area (Å²) in [6, 6.07) is 12.2. The summed E-state index contributed by atoms with van der Waals surface area (Å²) in [4.78, 5) is 17.2. The van der Waals surface area contributed by atoms with Gasteiger partial charge in [-0.1, -0.05) is 24.3 Å². The first-order chi connectivity index (χ1) is 14.4. The molecular weight excluding hydrogens is 402 g/mol. The minimum absolute atomic E-state index is 0.135. The van der Waals surface area contributed by atoms with Crippen molar-refractivity contribution in [1.29, 1.82) is 0 Å². The number of aryl methyl sites for hydroxylation is 1. The Morgan fingerprint density at radius 2 is 1.93 bits per heavy atom. The second kappa shape index (κ2) is 6.89. The summed E-state index contributed by atoms with van der Waals surface area (Å²) in [6.07, 6.45) is 3.73. The lowest BCUT2D eigenvalue weighted by molar-refractivity contribution is -0.122. The van der Waals surface area contributed by atoms with Crippen LogP contribution in [0.3, 0.4) is 0 Å². The molecule has 0 bridgehead atoms. The molecule has 1 fully saturated rings. The van der Waals surface area contributed by atoms with Crippen LogP contribution >= 0.6 is 0 Å². The molecule has 2 aromatic heterocycles. The first kappa shape index (κ1) is 18.7. The van der Waals surface area contributed by atoms with Gasteiger partial charge in [-0.05, 0) is 42.5 Å². The van der Waals surface area contributed by atoms with Crippen molar-refractivity contribution in [3.63, 3.8) is 0 Å². The fraction of sp³-hybridized carbons (Fsp3) is 0.190. The summed E-state index contributed by atoms with van der Waals surface area (Å²) >= 11 is 0. The summed E-state index contributed by atoms with van der Waals surface area (Å²) in [6.45, 7) is 2.12. The topological polar surface area (TPSA) is 108 Å². The molecule has 1 aliphatic rings. The number of carbonyl (C=O) groups is 1. The molecule has 8 nitrogen and oxygen atoms in total. The number of rotatable bonds is 4. The van der Waals surface area contributed by atoms with Crippen LogP contribution in [0, 0.1) is 6.92 Å². The van der Waals surface area contributed by atoms with Crippen LogP contribution in [0.25, 0.3) is 21.7 Å². The number of nitrogens with one attached hydrogen (secondary N) is 2. The Labute approximate surface area is 173 Å². The average Bonchev–Trinajstić information content (AvgIpc) is 3.14. The van der Waals surface area contributed by atoms with Crippen LogP contribution in [-0.2, 0) is 14.8 Å². The van der Waals surface area contributed by atoms with Crippen LogP contribution in [0.1, 0.15) is 12.0 Å². The number of aromatic nitrogens is 3. The third-order valence-electron chi connectivity index (χ3n) is 5.40. The van der Waals surface area contributed by atoms with Gasteiger partial charge in [0, 0.05) is 23.5 Å². The van der Waals surface area contributed by atoms with Gasteiger partial charge >= 0.3 is 0 Å². The van der Waals surface area contributed by atoms with Crippen molar-refractivity contribution >= 4 is 43.4 Å². The zero-order valence-electron chi connectivity index (χ0n) is 16.2. The van der Waals surface area contributed by atoms with E-state index in [0.29, 0.717) is 17.8 Å². The predicted octanol–water partition coefficient (Wildman–Crippen LogP) is 2.82. The van der Waals surface area contributed by atoms with Gasteiger partial charge < -0.3 is 5.32 Å². The van der Waals surface area contributed by atoms with Gasteiger partial charge in [0.05, 0.1) is 11.7 Å². The minimum Gasteiger partial charge on any atom is -0.309 e. The molecule has 0 saturated carbocycles. The molecule has 0 radical (unpaired) electrons. The van der Waals surface area contributed by atoms with Crippen LogP contribution < -0.4 is 5.32 Å². The number of carbonyl (C=O) groups excluding carboxylic acids is 1. The van der Waals surface area contributed by atoms with Gasteiger partial charge in [0.2, 0.25) is 15.9 Å². The number of pyridine rings is 1. The van der Waals surface area contributed by atoms with E-state index in [0.717, 1.165) is 21.7 Å². The largest absolute Gasteiger partial charge is 0.309 e. The Hall–Kier alpha value is -3.30. The number of aromatic amines is 1. The maximum absolute atomic E-state index is 13.3. The number of amides is 1. The minimum atomic E-state index is -3.86. The highest BCUT2D eigenvalue weighted by Gasteiger charge is 2.43. The standard InChI is InChI=1S/C21H19N5O3S/c1-13-8-16-12-23-25-20(16)18(9-13)30(28,29)26-7-6-17(26)21(27)24-19-10-14-4-2-3-5-15(14)11-22-19/h2-5,8-12,17H,6-7H2,1H3,(H,23,25)(H,22,24,27)/t17-/m0/s1. The quantitative estimate of drug-likeness (QED) is 0.527. The maximum atomic E-state index is 13.3. The van der Waals surface area contributed by atoms with E-state index in [-0.39, 0.29) is 17.3 Å². The normalized spacial score (nSPS) is 17.2. The molecule has 2 N–H and O–H groups in total. The average molecular weight is 421 g/mol. The molecule has 0 spiro atoms. The molecule has 1 saturated heterocycles. The van der Waals surface area contributed by atoms with E-state index >= 15 is 0 Å². The lowest BCUT2D eigenvalue weighted by atomic mass is 10.1. The van der Waals surface area contributed by atoms with E-state index in [2.05, 4.69) is 20.5 Å². The van der Waals surface area contributed by atoms with Crippen LogP contribution in [0.4, 0.5) is 5.82 Å². The van der Waals surface area contributed by atoms with Gasteiger partial charge in [-0.15, -0.1) is 0 Å². The number of H-pyrrole nitrogens is 1. The Morgan fingerprint density at radius 3 is 2.70 bits per heavy atom. The van der Waals surface area contributed by atoms with Gasteiger partial charge in [-0.25, -0.2) is 13.4 Å². The van der Waals surface area contributed by atoms with Crippen molar-refractivity contribution in [2.24, 2.45) is 0 Å². The third-order valence-corrected chi connectivity index (χ3v) is 7.33. The SMILES string of the molecule is Cc1cc(S(=O)(=O)N2CC[C@H]2C(=O)Nc2cc3ccccc3cn2)c2[nH]ncc2c1. The van der Waals surface area contributed by atoms with Gasteiger partial charge in [0.15, 0.2) is 0 Å². The van der Waals surface area contributed by atoms with Crippen LogP contribution in [0.2, 0.25) is 0 Å². The summed E-state index contributed by atoms with van der Waals surface area (Å²) in [5, 5.41) is 12.1. The number of fused-ring (bicyclic) bond motifs is 2. The molecular formula is C21H19N5O3S. The molecule has 1 amide bonds. The molecule has 152 valence electrons. The summed E-state index contributed by atoms with van der Waals surface area (Å²) in [7, 11) is -3.86. The van der Waals surface area contributed by atoms with Crippen molar-refractivity contribution < 1.29 is 13.2 Å². The number of anilines is 1. The molecule has 1 atom stereocenters. The van der Waals surface area contributed by atoms with E-state index in [1.54, 1.807) is 24.5 Å². The van der Waals surface area contributed by atoms with Gasteiger partial charge in [0.25, 0.3) is 0 Å². The number of benzene rings is 2. The molecule has 0 aliphatic carbocycles. The number of nitrogens with zero attached hydrogens (tertiary/aromatic N) is 3. The van der Waals surface area contributed by atoms with Crippen molar-refractivity contribution in [2.45, 2.75) is 24.3 Å². The third kappa shape index (κ3) is 3.03. The second-order valence-electron chi connectivity index (χ2n) is 7.42. The lowest BCUT2D eigenvalue weighted by Crippen LogP contribution is -2.56. The molecule has 4 aromatic rings. The molecule has 30 heavy (non-hydrogen) atoms. The summed E-state index contributed by atoms with van der Waals surface area (Å²) in [5.41, 5.74) is 1.26. The summed E-state index contributed by atoms with van der Waals surface area (Å²) < 4.78 is 27.8. The molecule has 1 aliphatic heterocycles.